The molecule has 0 radical (unpaired) electrons. The molecule has 4 aliphatic heterocycles. The Hall–Kier alpha value is -4.00. The van der Waals surface area contributed by atoms with Gasteiger partial charge in [0.1, 0.15) is 0 Å². The van der Waals surface area contributed by atoms with E-state index in [1.54, 1.807) is 19.2 Å². The molecule has 6 fully saturated rings. The predicted molar refractivity (Wildman–Crippen MR) is 249 cm³/mol. The van der Waals surface area contributed by atoms with Gasteiger partial charge in [-0.1, -0.05) is 39.3 Å². The number of piperidine rings is 2. The third kappa shape index (κ3) is 8.90. The number of carboxylic acids is 2. The maximum absolute atomic E-state index is 13.1. The molecule has 68 heavy (non-hydrogen) atoms. The number of unbranched alkanes of at least 4 members (excludes halogenated alkanes) is 2. The number of Topliss-reactive ketones (excluding diaryl/α,β-unsaturated/α-hetero) is 2. The summed E-state index contributed by atoms with van der Waals surface area (Å²) < 4.78 is 18.3. The Kier molecular flexibility index (Phi) is 14.8. The van der Waals surface area contributed by atoms with Crippen LogP contribution in [0.3, 0.4) is 0 Å². The molecular weight excluding hydrogens is 1040 g/mol. The van der Waals surface area contributed by atoms with Crippen molar-refractivity contribution in [3.05, 3.63) is 46.5 Å². The first-order valence-electron chi connectivity index (χ1n) is 25.1. The van der Waals surface area contributed by atoms with Crippen molar-refractivity contribution in [1.82, 2.24) is 14.7 Å². The number of aromatic hydroxyl groups is 1. The Labute approximate surface area is 415 Å². The van der Waals surface area contributed by atoms with E-state index in [4.69, 9.17) is 24.4 Å². The zero-order valence-corrected chi connectivity index (χ0v) is 42.0. The molecule has 0 aromatic heterocycles. The molecule has 14 nitrogen and oxygen atoms in total. The van der Waals surface area contributed by atoms with Crippen LogP contribution in [0, 0.1) is 23.7 Å². The summed E-state index contributed by atoms with van der Waals surface area (Å²) in [6, 6.07) is 8.68. The fourth-order valence-corrected chi connectivity index (χ4v) is 13.9. The second-order valence-electron chi connectivity index (χ2n) is 21.2. The Morgan fingerprint density at radius 2 is 1.24 bits per heavy atom. The number of aliphatic carboxylic acids is 2. The zero-order chi connectivity index (χ0) is 46.1. The summed E-state index contributed by atoms with van der Waals surface area (Å²) in [5.41, 5.74) is 4.36. The van der Waals surface area contributed by atoms with Crippen LogP contribution in [-0.4, -0.2) is 124 Å². The number of phenols is 1. The average molecular weight is 1110 g/mol. The third-order valence-electron chi connectivity index (χ3n) is 17.2. The van der Waals surface area contributed by atoms with E-state index in [2.05, 4.69) is 28.9 Å². The Morgan fingerprint density at radius 3 is 1.75 bits per heavy atom. The standard InChI is InChI=1S/C26H32N2O6.C20H23NO3.C6H12O2.CH4.W/c1-27(11-2-3-21(30)31)25(32)33-20-9-6-16-13-18-17-7-8-19(29)24-26(17,22(16)23(20)34-24)10-12-28(18)14-15-4-5-15;22-15-5-3-12-9-14-13-4-6-16(23)19-20(13,17(12)18(15)24-19)7-8-21(14)10-11-1-2-11;1-2-3-4-5-6(7)8;;/h6,9,15,17-18,24H,2-5,7-8,10-14H2,1H3,(H,30,31);3,5,11,13-14,19,22H,1-2,4,6-10H2;2-5H2,1H3,(H,7,8);1H4;/t17-,18+,24-,26-;13-,14+,19-,20-;;;/m00.../s1. The van der Waals surface area contributed by atoms with E-state index in [-0.39, 0.29) is 75.7 Å². The van der Waals surface area contributed by atoms with E-state index in [1.807, 2.05) is 0 Å². The van der Waals surface area contributed by atoms with E-state index in [0.29, 0.717) is 66.9 Å². The summed E-state index contributed by atoms with van der Waals surface area (Å²) >= 11 is 0. The number of carbonyl (C=O) groups is 5. The number of likely N-dealkylation sites (tertiary alicyclic amines) is 2. The Balaban J connectivity index is 0.000000160. The monoisotopic (exact) mass is 1110 g/mol. The normalized spacial score (nSPS) is 30.5. The number of carboxylic acid groups (broad SMARTS) is 2. The van der Waals surface area contributed by atoms with Crippen LogP contribution in [0.5, 0.6) is 23.0 Å². The molecule has 2 aromatic rings. The van der Waals surface area contributed by atoms with Gasteiger partial charge < -0.3 is 34.4 Å². The molecule has 370 valence electrons. The number of phenolic OH excluding ortho intramolecular Hbond substituents is 1. The van der Waals surface area contributed by atoms with Gasteiger partial charge in [-0.3, -0.25) is 29.0 Å². The van der Waals surface area contributed by atoms with Gasteiger partial charge in [0.15, 0.2) is 46.8 Å². The van der Waals surface area contributed by atoms with Gasteiger partial charge in [0.05, 0.1) is 0 Å². The van der Waals surface area contributed by atoms with Crippen molar-refractivity contribution in [2.45, 2.75) is 165 Å². The van der Waals surface area contributed by atoms with Crippen molar-refractivity contribution in [3.8, 4) is 23.0 Å². The summed E-state index contributed by atoms with van der Waals surface area (Å²) in [5, 5.41) is 27.3. The second kappa shape index (κ2) is 20.0. The molecule has 1 amide bonds. The van der Waals surface area contributed by atoms with Crippen LogP contribution in [0.25, 0.3) is 0 Å². The number of carbonyl (C=O) groups excluding carboxylic acids is 3. The minimum absolute atomic E-state index is 0. The van der Waals surface area contributed by atoms with Crippen molar-refractivity contribution in [1.29, 1.82) is 0 Å². The Bertz CT molecular complexity index is 2280. The second-order valence-corrected chi connectivity index (χ2v) is 21.2. The smallest absolute Gasteiger partial charge is 0.415 e. The van der Waals surface area contributed by atoms with Crippen LogP contribution in [0.1, 0.15) is 139 Å². The molecule has 4 saturated carbocycles. The molecular formula is C53H71N3O11W. The Morgan fingerprint density at radius 1 is 0.735 bits per heavy atom. The molecule has 4 bridgehead atoms. The van der Waals surface area contributed by atoms with Crippen molar-refractivity contribution in [2.75, 3.05) is 39.8 Å². The van der Waals surface area contributed by atoms with Gasteiger partial charge in [-0.2, -0.15) is 0 Å². The van der Waals surface area contributed by atoms with Gasteiger partial charge in [-0.15, -0.1) is 0 Å². The van der Waals surface area contributed by atoms with Crippen LogP contribution in [-0.2, 0) is 63.9 Å². The molecule has 12 rings (SSSR count). The van der Waals surface area contributed by atoms with Gasteiger partial charge in [0.25, 0.3) is 0 Å². The molecule has 10 aliphatic rings. The van der Waals surface area contributed by atoms with E-state index < -0.39 is 24.1 Å². The number of rotatable bonds is 13. The molecule has 2 aromatic carbocycles. The summed E-state index contributed by atoms with van der Waals surface area (Å²) in [5.74, 6) is 3.23. The molecule has 8 atom stereocenters. The van der Waals surface area contributed by atoms with Gasteiger partial charge in [0.2, 0.25) is 0 Å². The van der Waals surface area contributed by atoms with Crippen LogP contribution in [0.15, 0.2) is 24.3 Å². The number of ether oxygens (including phenoxy) is 3. The minimum atomic E-state index is -0.888. The summed E-state index contributed by atoms with van der Waals surface area (Å²) in [6.45, 7) is 6.80. The molecule has 6 aliphatic carbocycles. The fraction of sp³-hybridized carbons (Fsp3) is 0.679. The SMILES string of the molecule is C.CCCCCC(=O)O.CN(CCCC(=O)O)C(=O)Oc1ccc2c3c1O[C@H]1C(=O)CC[C@H]4[C@@H](C2)N(CC2CC2)CC[C@]314.O=C1CC[C@H]2[C@H]3Cc4ccc(O)c5c4[C@@]2(CCN3CC2CC2)[C@H]1O5.[W]. The number of amides is 1. The van der Waals surface area contributed by atoms with Crippen molar-refractivity contribution in [3.63, 3.8) is 0 Å². The maximum atomic E-state index is 13.1. The fourth-order valence-electron chi connectivity index (χ4n) is 13.9. The first kappa shape index (κ1) is 50.4. The summed E-state index contributed by atoms with van der Waals surface area (Å²) in [7, 11) is 1.60. The first-order valence-corrected chi connectivity index (χ1v) is 25.1. The van der Waals surface area contributed by atoms with Gasteiger partial charge in [-0.25, -0.2) is 4.79 Å². The molecule has 4 heterocycles. The largest absolute Gasteiger partial charge is 0.504 e. The number of nitrogens with zero attached hydrogens (tertiary/aromatic N) is 3. The third-order valence-corrected chi connectivity index (χ3v) is 17.2. The number of ketones is 2. The van der Waals surface area contributed by atoms with Crippen molar-refractivity contribution < 1.29 is 74.6 Å². The predicted octanol–water partition coefficient (Wildman–Crippen LogP) is 7.70. The number of benzene rings is 2. The quantitative estimate of drug-likeness (QED) is 0.166. The van der Waals surface area contributed by atoms with Crippen molar-refractivity contribution >= 4 is 29.6 Å². The van der Waals surface area contributed by atoms with Crippen LogP contribution >= 0.6 is 0 Å². The number of hydrogen-bond donors (Lipinski definition) is 3. The molecule has 2 saturated heterocycles. The topological polar surface area (TPSA) is 183 Å². The average Bonchev–Trinajstić information content (AvgIpc) is 4.22. The maximum Gasteiger partial charge on any atom is 0.415 e. The summed E-state index contributed by atoms with van der Waals surface area (Å²) in [4.78, 5) is 65.9. The van der Waals surface area contributed by atoms with Crippen LogP contribution < -0.4 is 14.2 Å². The van der Waals surface area contributed by atoms with Crippen molar-refractivity contribution in [2.24, 2.45) is 23.7 Å². The van der Waals surface area contributed by atoms with Gasteiger partial charge >= 0.3 is 18.0 Å². The molecule has 2 spiro atoms. The van der Waals surface area contributed by atoms with E-state index >= 15 is 0 Å². The summed E-state index contributed by atoms with van der Waals surface area (Å²) in [6.07, 6.45) is 14.7. The van der Waals surface area contributed by atoms with E-state index in [9.17, 15) is 29.1 Å². The van der Waals surface area contributed by atoms with Crippen LogP contribution in [0.2, 0.25) is 0 Å². The first-order chi connectivity index (χ1) is 31.8. The number of hydrogen-bond acceptors (Lipinski definition) is 11. The molecule has 3 N–H and O–H groups in total. The van der Waals surface area contributed by atoms with Gasteiger partial charge in [-0.05, 0) is 137 Å². The molecule has 0 unspecified atom stereocenters. The zero-order valence-electron chi connectivity index (χ0n) is 39.0. The molecule has 15 heteroatoms. The van der Waals surface area contributed by atoms with E-state index in [1.165, 1.54) is 60.4 Å². The minimum Gasteiger partial charge on any atom is -0.504 e. The van der Waals surface area contributed by atoms with Crippen LogP contribution in [0.4, 0.5) is 4.79 Å². The van der Waals surface area contributed by atoms with Gasteiger partial charge in [0, 0.05) is 107 Å². The van der Waals surface area contributed by atoms with E-state index in [0.717, 1.165) is 88.3 Å².